The number of aromatic nitrogens is 12. The number of fused-ring (bicyclic) bond motifs is 2. The molecule has 10 aromatic rings. The number of benzene rings is 6. The summed E-state index contributed by atoms with van der Waals surface area (Å²) >= 11 is 38.6. The zero-order valence-electron chi connectivity index (χ0n) is 55.4. The molecule has 0 bridgehead atoms. The predicted octanol–water partition coefficient (Wildman–Crippen LogP) is 13.2. The maximum absolute atomic E-state index is 15.0. The Bertz CT molecular complexity index is 4460. The van der Waals surface area contributed by atoms with Crippen molar-refractivity contribution in [1.82, 2.24) is 69.3 Å². The Kier molecular flexibility index (Phi) is 21.9. The number of aryl methyl sites for hydroxylation is 2. The lowest BCUT2D eigenvalue weighted by molar-refractivity contribution is -0.322. The second-order valence-corrected chi connectivity index (χ2v) is 27.6. The first kappa shape index (κ1) is 72.9. The summed E-state index contributed by atoms with van der Waals surface area (Å²) in [5, 5.41) is 27.0. The van der Waals surface area contributed by atoms with Gasteiger partial charge in [-0.15, -0.1) is 10.2 Å². The van der Waals surface area contributed by atoms with Gasteiger partial charge in [0.25, 0.3) is 0 Å². The van der Waals surface area contributed by atoms with Gasteiger partial charge in [-0.3, -0.25) is 9.59 Å². The highest BCUT2D eigenvalue weighted by molar-refractivity contribution is 6.35. The fourth-order valence-corrected chi connectivity index (χ4v) is 14.0. The molecule has 4 aliphatic rings. The van der Waals surface area contributed by atoms with Gasteiger partial charge in [0.15, 0.2) is 24.2 Å². The first-order chi connectivity index (χ1) is 50.1. The highest BCUT2D eigenvalue weighted by Crippen LogP contribution is 2.49. The van der Waals surface area contributed by atoms with Crippen molar-refractivity contribution in [2.75, 3.05) is 53.6 Å². The van der Waals surface area contributed by atoms with Gasteiger partial charge in [0.2, 0.25) is 11.8 Å². The molecular weight excluding hydrogens is 1490 g/mol. The van der Waals surface area contributed by atoms with Crippen LogP contribution in [0.2, 0.25) is 30.1 Å². The highest BCUT2D eigenvalue weighted by atomic mass is 35.5. The minimum absolute atomic E-state index is 0.0164. The summed E-state index contributed by atoms with van der Waals surface area (Å²) in [7, 11) is 3.22. The number of hydrogen-bond donors (Lipinski definition) is 0. The normalized spacial score (nSPS) is 23.2. The minimum Gasteiger partial charge on any atom is -0.363 e. The summed E-state index contributed by atoms with van der Waals surface area (Å²) in [5.74, 6) is -3.97. The number of hydrogen-bond acceptors (Lipinski definition) is 18. The Morgan fingerprint density at radius 3 is 1.30 bits per heavy atom. The van der Waals surface area contributed by atoms with Crippen molar-refractivity contribution < 1.29 is 65.0 Å². The van der Waals surface area contributed by atoms with Gasteiger partial charge < -0.3 is 47.7 Å². The fraction of sp³-hybridized carbons (Fsp3) is 0.343. The Labute approximate surface area is 621 Å². The molecule has 2 unspecified atom stereocenters. The second kappa shape index (κ2) is 31.2. The molecule has 34 heteroatoms. The van der Waals surface area contributed by atoms with Crippen molar-refractivity contribution >= 4 is 81.4 Å². The molecular formula is C70H62Cl6F4N14O10. The molecule has 0 radical (unpaired) electrons. The van der Waals surface area contributed by atoms with Crippen LogP contribution >= 0.6 is 69.6 Å². The summed E-state index contributed by atoms with van der Waals surface area (Å²) in [6.07, 6.45) is -6.59. The van der Waals surface area contributed by atoms with Gasteiger partial charge in [0.1, 0.15) is 130 Å². The van der Waals surface area contributed by atoms with Crippen LogP contribution in [0.1, 0.15) is 84.1 Å². The standard InChI is InChI=1S/C70H62Cl6F4N14O10/c1-35-81-67(93(85-35)51-27-41(71)17-19-43(51)73)65-63(59(61-53(101-65)31-99-69(103-61)37-13-7-5-8-14-37)91-29-49(83-87-91)39-23-45(77)57(75)46(78)24-39)97-33-55(95)89(3)21-11-12-22-90(4)56(96)34-98-64-60(92-30-50(84-88-92)40-25-47(79)58(76)48(80)26-40)62-54(32-100-70(104-62)38-15-9-6-10-16-38)102-66(64)68-82-36(2)86-94(68)52-28-42(72)18-20-44(52)74/h5-10,13-20,23-30,53-54,59-66,69-70H,11-12,21-22,31-34H2,1-4H3/t53-,54?,59+,60-,61+,62?,63-,64+,65-,66+,69+,70+/m1/s1. The van der Waals surface area contributed by atoms with Crippen LogP contribution in [0, 0.1) is 37.1 Å². The summed E-state index contributed by atoms with van der Waals surface area (Å²) in [6, 6.07) is 30.1. The van der Waals surface area contributed by atoms with Crippen LogP contribution in [0.3, 0.4) is 0 Å². The lowest BCUT2D eigenvalue weighted by Gasteiger charge is -2.49. The molecule has 6 aromatic carbocycles. The van der Waals surface area contributed by atoms with Crippen LogP contribution in [0.25, 0.3) is 33.9 Å². The first-order valence-corrected chi connectivity index (χ1v) is 35.0. The topological polar surface area (TPSA) is 237 Å². The SMILES string of the molecule is Cc1nc([C@H]2OC3CO[C@H](c4ccccc4)OC3[C@@H](n3cc(-c4cc(F)c(Cl)c(F)c4)nn3)[C@@H]2OCC(=O)N(C)CCCCN(C)C(=O)CO[C@@H]2[C@@H](n3cc(-c4cc(F)c(Cl)c(F)c4)nn3)[C@H]3O[C@@H](c4ccccc4)OC[C@H]3O[C@H]2c2nc(C)nn2-c2cc(Cl)ccc2Cl)n(-c2cc(Cl)ccc2Cl)n1. The van der Waals surface area contributed by atoms with Crippen LogP contribution < -0.4 is 0 Å². The molecule has 14 rings (SSSR count). The van der Waals surface area contributed by atoms with Crippen molar-refractivity contribution in [1.29, 1.82) is 0 Å². The average molecular weight is 1550 g/mol. The number of likely N-dealkylation sites (N-methyl/N-ethyl adjacent to an activating group) is 2. The third-order valence-electron chi connectivity index (χ3n) is 18.2. The fourth-order valence-electron chi connectivity index (χ4n) is 13.1. The van der Waals surface area contributed by atoms with Gasteiger partial charge >= 0.3 is 0 Å². The molecule has 104 heavy (non-hydrogen) atoms. The van der Waals surface area contributed by atoms with Crippen LogP contribution in [-0.2, 0) is 47.5 Å². The molecule has 4 saturated heterocycles. The van der Waals surface area contributed by atoms with E-state index in [2.05, 4.69) is 20.6 Å². The van der Waals surface area contributed by atoms with Crippen LogP contribution in [0.4, 0.5) is 17.6 Å². The molecule has 0 N–H and O–H groups in total. The maximum atomic E-state index is 15.0. The maximum Gasteiger partial charge on any atom is 0.248 e. The lowest BCUT2D eigenvalue weighted by atomic mass is 9.90. The molecule has 4 aliphatic heterocycles. The smallest absolute Gasteiger partial charge is 0.248 e. The molecule has 4 fully saturated rings. The van der Waals surface area contributed by atoms with E-state index in [0.717, 1.165) is 24.3 Å². The molecule has 0 aliphatic carbocycles. The van der Waals surface area contributed by atoms with Crippen LogP contribution in [0.15, 0.2) is 134 Å². The van der Waals surface area contributed by atoms with Crippen molar-refractivity contribution in [3.05, 3.63) is 222 Å². The van der Waals surface area contributed by atoms with Gasteiger partial charge in [-0.2, -0.15) is 10.2 Å². The number of amides is 2. The second-order valence-electron chi connectivity index (χ2n) is 25.1. The van der Waals surface area contributed by atoms with Gasteiger partial charge in [-0.25, -0.2) is 46.3 Å². The van der Waals surface area contributed by atoms with Crippen molar-refractivity contribution in [3.63, 3.8) is 0 Å². The van der Waals surface area contributed by atoms with Gasteiger partial charge in [-0.1, -0.05) is 141 Å². The molecule has 8 heterocycles. The zero-order chi connectivity index (χ0) is 72.8. The van der Waals surface area contributed by atoms with Gasteiger partial charge in [-0.05, 0) is 87.4 Å². The summed E-state index contributed by atoms with van der Waals surface area (Å²) in [4.78, 5) is 41.8. The van der Waals surface area contributed by atoms with E-state index in [-0.39, 0.29) is 70.5 Å². The van der Waals surface area contributed by atoms with E-state index >= 15 is 17.6 Å². The molecule has 2 amide bonds. The third-order valence-corrected chi connectivity index (χ3v) is 20.0. The van der Waals surface area contributed by atoms with Crippen molar-refractivity contribution in [3.8, 4) is 33.9 Å². The number of unbranched alkanes of at least 4 members (excludes halogenated alkanes) is 1. The number of ether oxygens (including phenoxy) is 8. The third kappa shape index (κ3) is 15.2. The molecule has 12 atom stereocenters. The highest BCUT2D eigenvalue weighted by Gasteiger charge is 2.56. The molecule has 4 aromatic heterocycles. The largest absolute Gasteiger partial charge is 0.363 e. The zero-order valence-corrected chi connectivity index (χ0v) is 59.9. The predicted molar refractivity (Wildman–Crippen MR) is 370 cm³/mol. The Morgan fingerprint density at radius 1 is 0.529 bits per heavy atom. The minimum atomic E-state index is -1.23. The molecule has 24 nitrogen and oxygen atoms in total. The quantitative estimate of drug-likeness (QED) is 0.0369. The van der Waals surface area contributed by atoms with E-state index in [9.17, 15) is 9.59 Å². The van der Waals surface area contributed by atoms with E-state index in [1.54, 1.807) is 64.3 Å². The molecule has 0 saturated carbocycles. The summed E-state index contributed by atoms with van der Waals surface area (Å²) in [6.45, 7) is 2.63. The van der Waals surface area contributed by atoms with E-state index in [1.807, 2.05) is 60.7 Å². The Hall–Kier alpha value is -8.04. The van der Waals surface area contributed by atoms with Crippen LogP contribution in [0.5, 0.6) is 0 Å². The monoisotopic (exact) mass is 1540 g/mol. The van der Waals surface area contributed by atoms with Crippen LogP contribution in [-0.4, -0.2) is 171 Å². The number of nitrogens with zero attached hydrogens (tertiary/aromatic N) is 14. The Morgan fingerprint density at radius 2 is 0.913 bits per heavy atom. The molecule has 0 spiro atoms. The lowest BCUT2D eigenvalue weighted by Crippen LogP contribution is -2.58. The summed E-state index contributed by atoms with van der Waals surface area (Å²) in [5.41, 5.74) is 2.26. The molecule has 542 valence electrons. The van der Waals surface area contributed by atoms with Gasteiger partial charge in [0.05, 0.1) is 47.0 Å². The number of halogens is 10. The number of rotatable bonds is 21. The summed E-state index contributed by atoms with van der Waals surface area (Å²) < 4.78 is 120. The van der Waals surface area contributed by atoms with Crippen molar-refractivity contribution in [2.45, 2.75) is 100 Å². The van der Waals surface area contributed by atoms with Crippen molar-refractivity contribution in [2.24, 2.45) is 0 Å². The van der Waals surface area contributed by atoms with E-state index in [0.29, 0.717) is 57.0 Å². The number of carbonyl (C=O) groups is 2. The van der Waals surface area contributed by atoms with E-state index in [1.165, 1.54) is 40.9 Å². The van der Waals surface area contributed by atoms with Gasteiger partial charge in [0, 0.05) is 59.5 Å². The number of carbonyl (C=O) groups excluding carboxylic acids is 2. The Balaban J connectivity index is 0.711. The first-order valence-electron chi connectivity index (χ1n) is 32.7. The van der Waals surface area contributed by atoms with E-state index in [4.69, 9.17) is 128 Å². The van der Waals surface area contributed by atoms with E-state index < -0.39 is 132 Å². The average Bonchev–Trinajstić information content (AvgIpc) is 1.33.